The van der Waals surface area contributed by atoms with Gasteiger partial charge in [0.15, 0.2) is 0 Å². The molecule has 6 heteroatoms. The number of hydrogen-bond donors (Lipinski definition) is 3. The molecule has 104 valence electrons. The van der Waals surface area contributed by atoms with Gasteiger partial charge in [0.05, 0.1) is 5.84 Å². The minimum atomic E-state index is -0.351. The Kier molecular flexibility index (Phi) is 5.29. The molecule has 1 aromatic carbocycles. The van der Waals surface area contributed by atoms with E-state index in [0.717, 1.165) is 0 Å². The zero-order valence-corrected chi connectivity index (χ0v) is 11.1. The first-order valence-electron chi connectivity index (χ1n) is 6.09. The van der Waals surface area contributed by atoms with E-state index in [1.807, 2.05) is 6.92 Å². The highest BCUT2D eigenvalue weighted by Crippen LogP contribution is 2.10. The Labute approximate surface area is 112 Å². The molecule has 0 bridgehead atoms. The summed E-state index contributed by atoms with van der Waals surface area (Å²) >= 11 is 0. The predicted molar refractivity (Wildman–Crippen MR) is 73.7 cm³/mol. The molecular formula is C13H19FN4O. The average molecular weight is 266 g/mol. The third-order valence-electron chi connectivity index (χ3n) is 2.79. The first-order chi connectivity index (χ1) is 8.93. The van der Waals surface area contributed by atoms with Crippen molar-refractivity contribution in [2.24, 2.45) is 11.7 Å². The first kappa shape index (κ1) is 14.9. The summed E-state index contributed by atoms with van der Waals surface area (Å²) in [4.78, 5) is 13.5. The number of nitrogens with two attached hydrogens (primary N) is 1. The van der Waals surface area contributed by atoms with Crippen LogP contribution >= 0.6 is 0 Å². The van der Waals surface area contributed by atoms with Gasteiger partial charge >= 0.3 is 6.03 Å². The smallest absolute Gasteiger partial charge is 0.321 e. The van der Waals surface area contributed by atoms with Crippen LogP contribution in [0, 0.1) is 17.1 Å². The van der Waals surface area contributed by atoms with E-state index in [0.29, 0.717) is 18.8 Å². The summed E-state index contributed by atoms with van der Waals surface area (Å²) in [7, 11) is 0. The van der Waals surface area contributed by atoms with Crippen LogP contribution in [0.5, 0.6) is 0 Å². The summed E-state index contributed by atoms with van der Waals surface area (Å²) in [5, 5.41) is 10.0. The van der Waals surface area contributed by atoms with Crippen LogP contribution < -0.4 is 11.1 Å². The van der Waals surface area contributed by atoms with Gasteiger partial charge in [-0.1, -0.05) is 6.92 Å². The molecule has 1 rings (SSSR count). The number of amidine groups is 1. The zero-order valence-electron chi connectivity index (χ0n) is 11.1. The van der Waals surface area contributed by atoms with Crippen LogP contribution in [0.1, 0.15) is 13.8 Å². The van der Waals surface area contributed by atoms with Gasteiger partial charge in [-0.2, -0.15) is 0 Å². The van der Waals surface area contributed by atoms with Crippen LogP contribution in [0.3, 0.4) is 0 Å². The fourth-order valence-electron chi connectivity index (χ4n) is 1.52. The third kappa shape index (κ3) is 4.57. The number of urea groups is 1. The summed E-state index contributed by atoms with van der Waals surface area (Å²) in [5.74, 6) is -0.498. The lowest BCUT2D eigenvalue weighted by atomic mass is 10.1. The number of halogens is 1. The minimum absolute atomic E-state index is 0.0491. The number of carbonyl (C=O) groups is 1. The van der Waals surface area contributed by atoms with Gasteiger partial charge in [-0.05, 0) is 31.2 Å². The van der Waals surface area contributed by atoms with Crippen LogP contribution in [-0.2, 0) is 0 Å². The average Bonchev–Trinajstić information content (AvgIpc) is 2.38. The van der Waals surface area contributed by atoms with Crippen molar-refractivity contribution in [3.05, 3.63) is 30.1 Å². The Hall–Kier alpha value is -2.11. The maximum absolute atomic E-state index is 12.7. The van der Waals surface area contributed by atoms with Gasteiger partial charge in [-0.25, -0.2) is 9.18 Å². The lowest BCUT2D eigenvalue weighted by Gasteiger charge is -2.24. The standard InChI is InChI=1S/C13H19FN4O/c1-3-18(8-9(2)12(15)16)13(19)17-11-6-4-10(14)5-7-11/h4-7,9H,3,8H2,1-2H3,(H3,15,16)(H,17,19). The highest BCUT2D eigenvalue weighted by Gasteiger charge is 2.16. The largest absolute Gasteiger partial charge is 0.387 e. The molecule has 5 nitrogen and oxygen atoms in total. The molecule has 0 aliphatic rings. The Morgan fingerprint density at radius 1 is 1.47 bits per heavy atom. The second-order valence-electron chi connectivity index (χ2n) is 4.33. The van der Waals surface area contributed by atoms with Crippen molar-refractivity contribution in [2.75, 3.05) is 18.4 Å². The number of rotatable bonds is 5. The van der Waals surface area contributed by atoms with Crippen LogP contribution in [-0.4, -0.2) is 29.9 Å². The molecular weight excluding hydrogens is 247 g/mol. The van der Waals surface area contributed by atoms with E-state index in [1.54, 1.807) is 11.8 Å². The van der Waals surface area contributed by atoms with E-state index >= 15 is 0 Å². The zero-order chi connectivity index (χ0) is 14.4. The molecule has 0 saturated heterocycles. The van der Waals surface area contributed by atoms with Crippen LogP contribution in [0.15, 0.2) is 24.3 Å². The lowest BCUT2D eigenvalue weighted by molar-refractivity contribution is 0.211. The van der Waals surface area contributed by atoms with Gasteiger partial charge in [0, 0.05) is 24.7 Å². The predicted octanol–water partition coefficient (Wildman–Crippen LogP) is 2.25. The first-order valence-corrected chi connectivity index (χ1v) is 6.09. The number of carbonyl (C=O) groups excluding carboxylic acids is 1. The molecule has 19 heavy (non-hydrogen) atoms. The van der Waals surface area contributed by atoms with E-state index < -0.39 is 0 Å². The van der Waals surface area contributed by atoms with E-state index in [-0.39, 0.29) is 23.6 Å². The molecule has 0 fully saturated rings. The lowest BCUT2D eigenvalue weighted by Crippen LogP contribution is -2.40. The van der Waals surface area contributed by atoms with E-state index in [4.69, 9.17) is 11.1 Å². The van der Waals surface area contributed by atoms with Crippen molar-refractivity contribution >= 4 is 17.6 Å². The number of nitrogens with zero attached hydrogens (tertiary/aromatic N) is 1. The summed E-state index contributed by atoms with van der Waals surface area (Å²) in [6.07, 6.45) is 0. The summed E-state index contributed by atoms with van der Waals surface area (Å²) in [6, 6.07) is 5.27. The number of amides is 2. The number of hydrogen-bond acceptors (Lipinski definition) is 2. The quantitative estimate of drug-likeness (QED) is 0.564. The molecule has 4 N–H and O–H groups in total. The normalized spacial score (nSPS) is 11.7. The van der Waals surface area contributed by atoms with Gasteiger partial charge in [-0.3, -0.25) is 5.41 Å². The number of benzene rings is 1. The fraction of sp³-hybridized carbons (Fsp3) is 0.385. The summed E-state index contributed by atoms with van der Waals surface area (Å²) < 4.78 is 12.7. The SMILES string of the molecule is CCN(CC(C)C(=N)N)C(=O)Nc1ccc(F)cc1. The molecule has 0 heterocycles. The Balaban J connectivity index is 2.63. The molecule has 1 unspecified atom stereocenters. The molecule has 0 spiro atoms. The minimum Gasteiger partial charge on any atom is -0.387 e. The van der Waals surface area contributed by atoms with Gasteiger partial charge in [-0.15, -0.1) is 0 Å². The second kappa shape index (κ2) is 6.72. The summed E-state index contributed by atoms with van der Waals surface area (Å²) in [6.45, 7) is 4.51. The van der Waals surface area contributed by atoms with Gasteiger partial charge in [0.2, 0.25) is 0 Å². The molecule has 0 aliphatic heterocycles. The van der Waals surface area contributed by atoms with Crippen molar-refractivity contribution in [3.8, 4) is 0 Å². The van der Waals surface area contributed by atoms with E-state index in [1.165, 1.54) is 24.3 Å². The Morgan fingerprint density at radius 2 is 2.05 bits per heavy atom. The van der Waals surface area contributed by atoms with Crippen LogP contribution in [0.25, 0.3) is 0 Å². The monoisotopic (exact) mass is 266 g/mol. The Morgan fingerprint density at radius 3 is 2.53 bits per heavy atom. The van der Waals surface area contributed by atoms with Crippen molar-refractivity contribution in [1.82, 2.24) is 4.90 Å². The molecule has 2 amide bonds. The Bertz CT molecular complexity index is 446. The van der Waals surface area contributed by atoms with Crippen molar-refractivity contribution in [3.63, 3.8) is 0 Å². The molecule has 1 atom stereocenters. The van der Waals surface area contributed by atoms with Gasteiger partial charge < -0.3 is 16.0 Å². The number of nitrogens with one attached hydrogen (secondary N) is 2. The van der Waals surface area contributed by atoms with E-state index in [2.05, 4.69) is 5.32 Å². The van der Waals surface area contributed by atoms with Gasteiger partial charge in [0.25, 0.3) is 0 Å². The van der Waals surface area contributed by atoms with Gasteiger partial charge in [0.1, 0.15) is 5.82 Å². The third-order valence-corrected chi connectivity index (χ3v) is 2.79. The highest BCUT2D eigenvalue weighted by molar-refractivity contribution is 5.89. The molecule has 0 aliphatic carbocycles. The van der Waals surface area contributed by atoms with Crippen molar-refractivity contribution in [1.29, 1.82) is 5.41 Å². The molecule has 0 saturated carbocycles. The molecule has 0 aromatic heterocycles. The maximum atomic E-state index is 12.7. The van der Waals surface area contributed by atoms with E-state index in [9.17, 15) is 9.18 Å². The number of anilines is 1. The van der Waals surface area contributed by atoms with Crippen molar-refractivity contribution < 1.29 is 9.18 Å². The second-order valence-corrected chi connectivity index (χ2v) is 4.33. The topological polar surface area (TPSA) is 82.2 Å². The summed E-state index contributed by atoms with van der Waals surface area (Å²) in [5.41, 5.74) is 5.92. The van der Waals surface area contributed by atoms with Crippen molar-refractivity contribution in [2.45, 2.75) is 13.8 Å². The molecule has 1 aromatic rings. The van der Waals surface area contributed by atoms with Crippen LogP contribution in [0.2, 0.25) is 0 Å². The highest BCUT2D eigenvalue weighted by atomic mass is 19.1. The van der Waals surface area contributed by atoms with Crippen LogP contribution in [0.4, 0.5) is 14.9 Å². The fourth-order valence-corrected chi connectivity index (χ4v) is 1.52. The molecule has 0 radical (unpaired) electrons. The maximum Gasteiger partial charge on any atom is 0.321 e.